The van der Waals surface area contributed by atoms with E-state index in [1.54, 1.807) is 6.07 Å². The van der Waals surface area contributed by atoms with E-state index in [0.29, 0.717) is 0 Å². The molecule has 0 aliphatic carbocycles. The lowest BCUT2D eigenvalue weighted by atomic mass is 10.1. The van der Waals surface area contributed by atoms with E-state index in [-0.39, 0.29) is 17.7 Å². The van der Waals surface area contributed by atoms with Crippen molar-refractivity contribution in [3.63, 3.8) is 0 Å². The lowest BCUT2D eigenvalue weighted by Crippen LogP contribution is -2.34. The van der Waals surface area contributed by atoms with Gasteiger partial charge in [0.15, 0.2) is 0 Å². The largest absolute Gasteiger partial charge is 0.328 e. The van der Waals surface area contributed by atoms with Gasteiger partial charge in [-0.3, -0.25) is 9.36 Å². The molecule has 0 saturated heterocycles. The summed E-state index contributed by atoms with van der Waals surface area (Å²) in [7, 11) is 0. The number of H-pyrrole nitrogens is 1. The Morgan fingerprint density at radius 2 is 2.11 bits per heavy atom. The number of aromatic amines is 1. The summed E-state index contributed by atoms with van der Waals surface area (Å²) in [6, 6.07) is 6.87. The fourth-order valence-electron chi connectivity index (χ4n) is 1.52. The molecule has 0 unspecified atom stereocenters. The van der Waals surface area contributed by atoms with Crippen molar-refractivity contribution in [1.82, 2.24) is 9.55 Å². The van der Waals surface area contributed by atoms with E-state index >= 15 is 0 Å². The zero-order valence-corrected chi connectivity index (χ0v) is 9.18. The van der Waals surface area contributed by atoms with Crippen molar-refractivity contribution in [2.24, 2.45) is 0 Å². The summed E-state index contributed by atoms with van der Waals surface area (Å²) in [6.07, 6.45) is 1.23. The van der Waals surface area contributed by atoms with E-state index in [0.717, 1.165) is 10.6 Å². The standard InChI is InChI=1S/C12H8FN3O2/c13-10-5-8(6-14)1-2-9(10)7-16-11(17)3-4-15-12(16)18/h1-5H,7H2,(H,15,18). The second-order valence-corrected chi connectivity index (χ2v) is 3.63. The van der Waals surface area contributed by atoms with Crippen molar-refractivity contribution in [3.8, 4) is 6.07 Å². The second kappa shape index (κ2) is 4.67. The fraction of sp³-hybridized carbons (Fsp3) is 0.0833. The molecule has 2 aromatic rings. The van der Waals surface area contributed by atoms with E-state index in [1.807, 2.05) is 0 Å². The summed E-state index contributed by atoms with van der Waals surface area (Å²) in [5, 5.41) is 8.60. The third-order valence-electron chi connectivity index (χ3n) is 2.45. The Morgan fingerprint density at radius 3 is 2.72 bits per heavy atom. The predicted octanol–water partition coefficient (Wildman–Crippen LogP) is 0.596. The number of aromatic nitrogens is 2. The van der Waals surface area contributed by atoms with Crippen LogP contribution >= 0.6 is 0 Å². The molecule has 0 saturated carbocycles. The SMILES string of the molecule is N#Cc1ccc(Cn2c(=O)cc[nH]c2=O)c(F)c1. The molecule has 90 valence electrons. The molecule has 0 bridgehead atoms. The van der Waals surface area contributed by atoms with Crippen LogP contribution in [0.4, 0.5) is 4.39 Å². The van der Waals surface area contributed by atoms with Crippen LogP contribution in [0.3, 0.4) is 0 Å². The fourth-order valence-corrected chi connectivity index (χ4v) is 1.52. The number of rotatable bonds is 2. The molecule has 0 aliphatic rings. The van der Waals surface area contributed by atoms with Gasteiger partial charge in [-0.25, -0.2) is 9.18 Å². The van der Waals surface area contributed by atoms with Gasteiger partial charge < -0.3 is 4.98 Å². The monoisotopic (exact) mass is 245 g/mol. The van der Waals surface area contributed by atoms with Crippen molar-refractivity contribution >= 4 is 0 Å². The number of hydrogen-bond acceptors (Lipinski definition) is 3. The normalized spacial score (nSPS) is 10.0. The Balaban J connectivity index is 2.45. The van der Waals surface area contributed by atoms with Gasteiger partial charge in [-0.15, -0.1) is 0 Å². The van der Waals surface area contributed by atoms with Gasteiger partial charge in [0.05, 0.1) is 18.2 Å². The minimum atomic E-state index is -0.621. The molecule has 0 amide bonds. The third kappa shape index (κ3) is 2.20. The van der Waals surface area contributed by atoms with E-state index in [9.17, 15) is 14.0 Å². The highest BCUT2D eigenvalue weighted by Gasteiger charge is 2.07. The molecule has 0 atom stereocenters. The van der Waals surface area contributed by atoms with E-state index < -0.39 is 17.1 Å². The number of halogens is 1. The van der Waals surface area contributed by atoms with Crippen LogP contribution in [-0.4, -0.2) is 9.55 Å². The Kier molecular flexibility index (Phi) is 3.06. The van der Waals surface area contributed by atoms with Crippen molar-refractivity contribution in [2.45, 2.75) is 6.54 Å². The average molecular weight is 245 g/mol. The van der Waals surface area contributed by atoms with Gasteiger partial charge in [-0.05, 0) is 12.1 Å². The van der Waals surface area contributed by atoms with Crippen molar-refractivity contribution < 1.29 is 4.39 Å². The molecule has 2 rings (SSSR count). The number of benzene rings is 1. The molecule has 18 heavy (non-hydrogen) atoms. The summed E-state index contributed by atoms with van der Waals surface area (Å²) in [6.45, 7) is -0.174. The van der Waals surface area contributed by atoms with Crippen LogP contribution in [0.5, 0.6) is 0 Å². The summed E-state index contributed by atoms with van der Waals surface area (Å²) < 4.78 is 14.5. The average Bonchev–Trinajstić information content (AvgIpc) is 2.35. The Bertz CT molecular complexity index is 712. The first-order valence-corrected chi connectivity index (χ1v) is 5.09. The predicted molar refractivity (Wildman–Crippen MR) is 61.5 cm³/mol. The molecule has 1 aromatic carbocycles. The van der Waals surface area contributed by atoms with Crippen molar-refractivity contribution in [3.05, 3.63) is 68.2 Å². The molecule has 1 heterocycles. The van der Waals surface area contributed by atoms with Crippen LogP contribution in [-0.2, 0) is 6.54 Å². The van der Waals surface area contributed by atoms with Gasteiger partial charge in [-0.2, -0.15) is 5.26 Å². The molecule has 0 radical (unpaired) electrons. The van der Waals surface area contributed by atoms with Crippen LogP contribution in [0.25, 0.3) is 0 Å². The van der Waals surface area contributed by atoms with Crippen LogP contribution in [0.1, 0.15) is 11.1 Å². The zero-order chi connectivity index (χ0) is 13.1. The number of hydrogen-bond donors (Lipinski definition) is 1. The van der Waals surface area contributed by atoms with E-state index in [2.05, 4.69) is 4.98 Å². The minimum Gasteiger partial charge on any atom is -0.314 e. The lowest BCUT2D eigenvalue weighted by Gasteiger charge is -2.05. The molecule has 0 spiro atoms. The topological polar surface area (TPSA) is 78.7 Å². The lowest BCUT2D eigenvalue weighted by molar-refractivity contribution is 0.588. The van der Waals surface area contributed by atoms with Gasteiger partial charge >= 0.3 is 5.69 Å². The smallest absolute Gasteiger partial charge is 0.314 e. The quantitative estimate of drug-likeness (QED) is 0.841. The molecule has 0 fully saturated rings. The van der Waals surface area contributed by atoms with Gasteiger partial charge in [-0.1, -0.05) is 6.07 Å². The van der Waals surface area contributed by atoms with Gasteiger partial charge in [0.2, 0.25) is 0 Å². The minimum absolute atomic E-state index is 0.174. The molecule has 0 aliphatic heterocycles. The summed E-state index contributed by atoms with van der Waals surface area (Å²) >= 11 is 0. The first-order valence-electron chi connectivity index (χ1n) is 5.09. The summed E-state index contributed by atoms with van der Waals surface area (Å²) in [4.78, 5) is 25.2. The summed E-state index contributed by atoms with van der Waals surface area (Å²) in [5.74, 6) is -0.621. The first kappa shape index (κ1) is 11.8. The third-order valence-corrected chi connectivity index (χ3v) is 2.45. The number of nitriles is 1. The summed E-state index contributed by atoms with van der Waals surface area (Å²) in [5.41, 5.74) is -0.757. The van der Waals surface area contributed by atoms with Crippen LogP contribution in [0, 0.1) is 17.1 Å². The van der Waals surface area contributed by atoms with E-state index in [4.69, 9.17) is 5.26 Å². The molecular weight excluding hydrogens is 237 g/mol. The van der Waals surface area contributed by atoms with Crippen molar-refractivity contribution in [1.29, 1.82) is 5.26 Å². The van der Waals surface area contributed by atoms with Gasteiger partial charge in [0, 0.05) is 17.8 Å². The highest BCUT2D eigenvalue weighted by atomic mass is 19.1. The molecule has 1 aromatic heterocycles. The molecular formula is C12H8FN3O2. The maximum atomic E-state index is 13.6. The molecule has 1 N–H and O–H groups in total. The maximum absolute atomic E-state index is 13.6. The zero-order valence-electron chi connectivity index (χ0n) is 9.18. The van der Waals surface area contributed by atoms with Crippen LogP contribution < -0.4 is 11.2 Å². The van der Waals surface area contributed by atoms with Crippen LogP contribution in [0.15, 0.2) is 40.1 Å². The molecule has 5 nitrogen and oxygen atoms in total. The van der Waals surface area contributed by atoms with Gasteiger partial charge in [0.1, 0.15) is 5.82 Å². The first-order chi connectivity index (χ1) is 8.61. The Morgan fingerprint density at radius 1 is 1.33 bits per heavy atom. The Labute approximate surface area is 101 Å². The van der Waals surface area contributed by atoms with E-state index in [1.165, 1.54) is 24.4 Å². The highest BCUT2D eigenvalue weighted by Crippen LogP contribution is 2.10. The van der Waals surface area contributed by atoms with Crippen molar-refractivity contribution in [2.75, 3.05) is 0 Å². The second-order valence-electron chi connectivity index (χ2n) is 3.63. The highest BCUT2D eigenvalue weighted by molar-refractivity contribution is 5.32. The van der Waals surface area contributed by atoms with Crippen LogP contribution in [0.2, 0.25) is 0 Å². The number of nitrogens with one attached hydrogen (secondary N) is 1. The maximum Gasteiger partial charge on any atom is 0.328 e. The Hall–Kier alpha value is -2.68. The molecule has 6 heteroatoms. The van der Waals surface area contributed by atoms with Gasteiger partial charge in [0.25, 0.3) is 5.56 Å². The number of nitrogens with zero attached hydrogens (tertiary/aromatic N) is 2.